The van der Waals surface area contributed by atoms with E-state index >= 15 is 0 Å². The van der Waals surface area contributed by atoms with Crippen molar-refractivity contribution in [3.8, 4) is 11.5 Å². The molecule has 312 valence electrons. The van der Waals surface area contributed by atoms with Crippen LogP contribution in [0.3, 0.4) is 0 Å². The van der Waals surface area contributed by atoms with E-state index in [0.717, 1.165) is 64.2 Å². The fraction of sp³-hybridized carbons (Fsp3) is 0.636. The van der Waals surface area contributed by atoms with E-state index < -0.39 is 23.9 Å². The molecule has 2 aromatic rings. The van der Waals surface area contributed by atoms with Crippen LogP contribution in [0.15, 0.2) is 36.4 Å². The number of carbonyl (C=O) groups is 4. The summed E-state index contributed by atoms with van der Waals surface area (Å²) in [5, 5.41) is 5.62. The molecule has 2 aromatic carbocycles. The highest BCUT2D eigenvalue weighted by Crippen LogP contribution is 2.29. The number of anilines is 2. The first-order valence-corrected chi connectivity index (χ1v) is 21.3. The van der Waals surface area contributed by atoms with Gasteiger partial charge in [0.25, 0.3) is 11.8 Å². The van der Waals surface area contributed by atoms with Gasteiger partial charge in [0, 0.05) is 11.4 Å². The lowest BCUT2D eigenvalue weighted by molar-refractivity contribution is -0.121. The van der Waals surface area contributed by atoms with Crippen LogP contribution < -0.4 is 43.0 Å². The predicted molar refractivity (Wildman–Crippen MR) is 224 cm³/mol. The third-order valence-electron chi connectivity index (χ3n) is 10.9. The van der Waals surface area contributed by atoms with E-state index in [9.17, 15) is 19.2 Å². The van der Waals surface area contributed by atoms with E-state index in [-0.39, 0.29) is 11.8 Å². The summed E-state index contributed by atoms with van der Waals surface area (Å²) in [4.78, 5) is 49.5. The topological polar surface area (TPSA) is 215 Å². The Morgan fingerprint density at radius 1 is 0.589 bits per heavy atom. The SMILES string of the molecule is CCCCCCOc1ccc(N)cc1C(=O)N[C@@H](CC1CCCCC1)C(N)=O.CCCCCCOc1ccc(N)cc1C(=O)N[C@@H](CC1CCCCC1)C(N)=O. The molecule has 0 heterocycles. The summed E-state index contributed by atoms with van der Waals surface area (Å²) in [7, 11) is 0. The van der Waals surface area contributed by atoms with Crippen LogP contribution in [0.5, 0.6) is 11.5 Å². The highest BCUT2D eigenvalue weighted by molar-refractivity contribution is 6.01. The molecule has 2 aliphatic rings. The third kappa shape index (κ3) is 16.7. The van der Waals surface area contributed by atoms with E-state index in [0.29, 0.717) is 71.9 Å². The molecule has 0 aliphatic heterocycles. The second kappa shape index (κ2) is 25.6. The molecule has 0 unspecified atom stereocenters. The third-order valence-corrected chi connectivity index (χ3v) is 10.9. The van der Waals surface area contributed by atoms with Crippen LogP contribution in [0, 0.1) is 11.8 Å². The molecule has 4 amide bonds. The fourth-order valence-electron chi connectivity index (χ4n) is 7.60. The van der Waals surface area contributed by atoms with Crippen molar-refractivity contribution in [1.82, 2.24) is 10.6 Å². The standard InChI is InChI=1S/2C22H35N3O3/c2*1-2-3-4-8-13-28-20-12-11-17(23)15-18(20)22(27)25-19(21(24)26)14-16-9-6-5-7-10-16/h2*11-12,15-16,19H,2-10,13-14,23H2,1H3,(H2,24,26)(H,25,27)/t2*19-/m00/s1. The van der Waals surface area contributed by atoms with Crippen LogP contribution in [0.1, 0.15) is 163 Å². The molecule has 4 rings (SSSR count). The number of nitrogens with one attached hydrogen (secondary N) is 2. The number of hydrogen-bond donors (Lipinski definition) is 6. The molecule has 2 atom stereocenters. The first-order chi connectivity index (χ1) is 27.0. The number of benzene rings is 2. The normalized spacial score (nSPS) is 15.8. The quantitative estimate of drug-likeness (QED) is 0.0517. The van der Waals surface area contributed by atoms with E-state index in [1.807, 2.05) is 0 Å². The maximum absolute atomic E-state index is 12.9. The fourth-order valence-corrected chi connectivity index (χ4v) is 7.60. The van der Waals surface area contributed by atoms with E-state index in [2.05, 4.69) is 24.5 Å². The Kier molecular flexibility index (Phi) is 21.0. The number of rotatable bonds is 22. The van der Waals surface area contributed by atoms with Gasteiger partial charge in [-0.05, 0) is 73.9 Å². The largest absolute Gasteiger partial charge is 0.493 e. The van der Waals surface area contributed by atoms with Crippen molar-refractivity contribution < 1.29 is 28.7 Å². The molecule has 10 N–H and O–H groups in total. The van der Waals surface area contributed by atoms with Gasteiger partial charge in [0.1, 0.15) is 23.6 Å². The van der Waals surface area contributed by atoms with Gasteiger partial charge in [-0.1, -0.05) is 117 Å². The number of amides is 4. The van der Waals surface area contributed by atoms with Gasteiger partial charge in [-0.3, -0.25) is 19.2 Å². The highest BCUT2D eigenvalue weighted by atomic mass is 16.5. The Labute approximate surface area is 334 Å². The first kappa shape index (κ1) is 45.9. The van der Waals surface area contributed by atoms with E-state index in [1.54, 1.807) is 36.4 Å². The van der Waals surface area contributed by atoms with Crippen molar-refractivity contribution in [1.29, 1.82) is 0 Å². The summed E-state index contributed by atoms with van der Waals surface area (Å²) >= 11 is 0. The zero-order chi connectivity index (χ0) is 40.7. The average Bonchev–Trinajstić information content (AvgIpc) is 3.19. The number of hydrogen-bond acceptors (Lipinski definition) is 8. The second-order valence-electron chi connectivity index (χ2n) is 15.7. The maximum Gasteiger partial charge on any atom is 0.255 e. The Morgan fingerprint density at radius 3 is 1.30 bits per heavy atom. The summed E-state index contributed by atoms with van der Waals surface area (Å²) in [6.45, 7) is 5.41. The molecule has 0 saturated heterocycles. The summed E-state index contributed by atoms with van der Waals surface area (Å²) in [5.41, 5.74) is 24.5. The summed E-state index contributed by atoms with van der Waals surface area (Å²) in [6, 6.07) is 8.70. The van der Waals surface area contributed by atoms with Crippen molar-refractivity contribution in [2.45, 2.75) is 154 Å². The zero-order valence-electron chi connectivity index (χ0n) is 34.1. The van der Waals surface area contributed by atoms with Crippen LogP contribution in [0.25, 0.3) is 0 Å². The summed E-state index contributed by atoms with van der Waals surface area (Å²) < 4.78 is 11.6. The molecule has 0 radical (unpaired) electrons. The van der Waals surface area contributed by atoms with Gasteiger partial charge in [-0.15, -0.1) is 0 Å². The van der Waals surface area contributed by atoms with E-state index in [1.165, 1.54) is 51.4 Å². The van der Waals surface area contributed by atoms with Crippen molar-refractivity contribution in [3.05, 3.63) is 47.5 Å². The van der Waals surface area contributed by atoms with Crippen LogP contribution in [-0.2, 0) is 9.59 Å². The second-order valence-corrected chi connectivity index (χ2v) is 15.7. The molecular formula is C44H70N6O6. The van der Waals surface area contributed by atoms with Gasteiger partial charge in [-0.2, -0.15) is 0 Å². The maximum atomic E-state index is 12.9. The van der Waals surface area contributed by atoms with Crippen molar-refractivity contribution in [3.63, 3.8) is 0 Å². The number of carbonyl (C=O) groups excluding carboxylic acids is 4. The number of nitrogens with two attached hydrogens (primary N) is 4. The van der Waals surface area contributed by atoms with Gasteiger partial charge < -0.3 is 43.0 Å². The molecule has 0 bridgehead atoms. The summed E-state index contributed by atoms with van der Waals surface area (Å²) in [6.07, 6.45) is 21.4. The summed E-state index contributed by atoms with van der Waals surface area (Å²) in [5.74, 6) is 0.122. The lowest BCUT2D eigenvalue weighted by Gasteiger charge is -2.25. The average molecular weight is 779 g/mol. The minimum atomic E-state index is -0.672. The Morgan fingerprint density at radius 2 is 0.964 bits per heavy atom. The molecule has 2 fully saturated rings. The van der Waals surface area contributed by atoms with Crippen LogP contribution in [0.2, 0.25) is 0 Å². The Bertz CT molecular complexity index is 1400. The molecule has 12 heteroatoms. The first-order valence-electron chi connectivity index (χ1n) is 21.3. The molecule has 2 aliphatic carbocycles. The number of ether oxygens (including phenoxy) is 2. The molecule has 12 nitrogen and oxygen atoms in total. The van der Waals surface area contributed by atoms with Crippen LogP contribution >= 0.6 is 0 Å². The van der Waals surface area contributed by atoms with Crippen molar-refractivity contribution >= 4 is 35.0 Å². The van der Waals surface area contributed by atoms with Crippen LogP contribution in [0.4, 0.5) is 11.4 Å². The van der Waals surface area contributed by atoms with Crippen LogP contribution in [-0.4, -0.2) is 48.9 Å². The minimum absolute atomic E-state index is 0.352. The van der Waals surface area contributed by atoms with Gasteiger partial charge in [-0.25, -0.2) is 0 Å². The van der Waals surface area contributed by atoms with Crippen molar-refractivity contribution in [2.75, 3.05) is 24.7 Å². The Hall–Kier alpha value is -4.48. The molecule has 2 saturated carbocycles. The monoisotopic (exact) mass is 779 g/mol. The lowest BCUT2D eigenvalue weighted by atomic mass is 9.84. The Balaban J connectivity index is 0.000000300. The zero-order valence-corrected chi connectivity index (χ0v) is 34.1. The molecule has 0 spiro atoms. The van der Waals surface area contributed by atoms with Gasteiger partial charge >= 0.3 is 0 Å². The predicted octanol–water partition coefficient (Wildman–Crippen LogP) is 7.56. The number of unbranched alkanes of at least 4 members (excludes halogenated alkanes) is 6. The minimum Gasteiger partial charge on any atom is -0.493 e. The molecule has 56 heavy (non-hydrogen) atoms. The lowest BCUT2D eigenvalue weighted by Crippen LogP contribution is -2.45. The van der Waals surface area contributed by atoms with Crippen molar-refractivity contribution in [2.24, 2.45) is 23.3 Å². The smallest absolute Gasteiger partial charge is 0.255 e. The van der Waals surface area contributed by atoms with Gasteiger partial charge in [0.05, 0.1) is 24.3 Å². The molecular weight excluding hydrogens is 709 g/mol. The number of primary amides is 2. The number of nitrogen functional groups attached to an aromatic ring is 2. The van der Waals surface area contributed by atoms with E-state index in [4.69, 9.17) is 32.4 Å². The molecule has 0 aromatic heterocycles. The highest BCUT2D eigenvalue weighted by Gasteiger charge is 2.27. The van der Waals surface area contributed by atoms with Gasteiger partial charge in [0.15, 0.2) is 0 Å². The van der Waals surface area contributed by atoms with Gasteiger partial charge in [0.2, 0.25) is 11.8 Å².